The van der Waals surface area contributed by atoms with Gasteiger partial charge in [0, 0.05) is 25.7 Å². The second-order valence-corrected chi connectivity index (χ2v) is 4.60. The average molecular weight is 257 g/mol. The minimum atomic E-state index is -4.30. The van der Waals surface area contributed by atoms with Crippen molar-refractivity contribution < 1.29 is 13.2 Å². The SMILES string of the molecule is CN1CCNCC1Cc1[c]cccc1C(F)(F)F. The Kier molecular flexibility index (Phi) is 3.92. The molecular weight excluding hydrogens is 241 g/mol. The summed E-state index contributed by atoms with van der Waals surface area (Å²) in [5.74, 6) is 0. The summed E-state index contributed by atoms with van der Waals surface area (Å²) in [6, 6.07) is 6.89. The van der Waals surface area contributed by atoms with Crippen LogP contribution in [-0.2, 0) is 12.6 Å². The lowest BCUT2D eigenvalue weighted by molar-refractivity contribution is -0.138. The van der Waals surface area contributed by atoms with Crippen molar-refractivity contribution >= 4 is 0 Å². The lowest BCUT2D eigenvalue weighted by atomic mass is 9.98. The van der Waals surface area contributed by atoms with E-state index in [0.29, 0.717) is 6.42 Å². The van der Waals surface area contributed by atoms with Gasteiger partial charge in [-0.25, -0.2) is 0 Å². The fourth-order valence-corrected chi connectivity index (χ4v) is 2.23. The minimum absolute atomic E-state index is 0.0958. The summed E-state index contributed by atoms with van der Waals surface area (Å²) in [5.41, 5.74) is -0.311. The van der Waals surface area contributed by atoms with E-state index in [1.165, 1.54) is 6.07 Å². The lowest BCUT2D eigenvalue weighted by Crippen LogP contribution is -2.50. The number of halogens is 3. The zero-order chi connectivity index (χ0) is 13.2. The smallest absolute Gasteiger partial charge is 0.314 e. The van der Waals surface area contributed by atoms with E-state index in [1.54, 1.807) is 6.07 Å². The number of piperazine rings is 1. The molecule has 1 saturated heterocycles. The first-order valence-corrected chi connectivity index (χ1v) is 5.96. The van der Waals surface area contributed by atoms with Crippen molar-refractivity contribution in [2.24, 2.45) is 0 Å². The summed E-state index contributed by atoms with van der Waals surface area (Å²) in [6.07, 6.45) is -3.92. The van der Waals surface area contributed by atoms with Gasteiger partial charge in [-0.05, 0) is 31.2 Å². The molecule has 0 spiro atoms. The Labute approximate surface area is 105 Å². The second kappa shape index (κ2) is 5.28. The van der Waals surface area contributed by atoms with E-state index < -0.39 is 11.7 Å². The first-order valence-electron chi connectivity index (χ1n) is 5.96. The van der Waals surface area contributed by atoms with Crippen molar-refractivity contribution in [2.75, 3.05) is 26.7 Å². The van der Waals surface area contributed by atoms with Gasteiger partial charge in [0.1, 0.15) is 0 Å². The van der Waals surface area contributed by atoms with Crippen LogP contribution in [0, 0.1) is 6.07 Å². The average Bonchev–Trinajstić information content (AvgIpc) is 2.31. The molecule has 1 N–H and O–H groups in total. The molecule has 0 aromatic heterocycles. The van der Waals surface area contributed by atoms with E-state index >= 15 is 0 Å². The third kappa shape index (κ3) is 3.03. The number of hydrogen-bond donors (Lipinski definition) is 1. The third-order valence-corrected chi connectivity index (χ3v) is 3.33. The number of likely N-dealkylation sites (N-methyl/N-ethyl adjacent to an activating group) is 1. The third-order valence-electron chi connectivity index (χ3n) is 3.33. The Bertz CT molecular complexity index is 403. The summed E-state index contributed by atoms with van der Waals surface area (Å²) >= 11 is 0. The van der Waals surface area contributed by atoms with Gasteiger partial charge in [0.2, 0.25) is 0 Å². The topological polar surface area (TPSA) is 15.3 Å². The largest absolute Gasteiger partial charge is 0.416 e. The predicted molar refractivity (Wildman–Crippen MR) is 63.3 cm³/mol. The Morgan fingerprint density at radius 3 is 2.94 bits per heavy atom. The standard InChI is InChI=1S/C13H16F3N2/c1-18-7-6-17-9-11(18)8-10-4-2-3-5-12(10)13(14,15)16/h2-3,5,11,17H,6-9H2,1H3. The number of nitrogens with zero attached hydrogens (tertiary/aromatic N) is 1. The zero-order valence-corrected chi connectivity index (χ0v) is 10.2. The molecule has 1 fully saturated rings. The molecule has 1 unspecified atom stereocenters. The van der Waals surface area contributed by atoms with Crippen LogP contribution in [-0.4, -0.2) is 37.6 Å². The fraction of sp³-hybridized carbons (Fsp3) is 0.538. The lowest BCUT2D eigenvalue weighted by Gasteiger charge is -2.33. The molecule has 99 valence electrons. The summed E-state index contributed by atoms with van der Waals surface area (Å²) in [4.78, 5) is 2.09. The van der Waals surface area contributed by atoms with E-state index in [4.69, 9.17) is 0 Å². The van der Waals surface area contributed by atoms with Crippen LogP contribution in [0.4, 0.5) is 13.2 Å². The van der Waals surface area contributed by atoms with Gasteiger partial charge in [-0.1, -0.05) is 12.1 Å². The number of benzene rings is 1. The molecule has 1 atom stereocenters. The van der Waals surface area contributed by atoms with Crippen molar-refractivity contribution in [3.05, 3.63) is 35.4 Å². The van der Waals surface area contributed by atoms with Crippen LogP contribution in [0.3, 0.4) is 0 Å². The molecule has 5 heteroatoms. The molecule has 18 heavy (non-hydrogen) atoms. The van der Waals surface area contributed by atoms with Crippen molar-refractivity contribution in [1.82, 2.24) is 10.2 Å². The van der Waals surface area contributed by atoms with Crippen LogP contribution in [0.2, 0.25) is 0 Å². The molecule has 1 aromatic rings. The van der Waals surface area contributed by atoms with Crippen LogP contribution in [0.15, 0.2) is 18.2 Å². The Hall–Kier alpha value is -1.07. The van der Waals surface area contributed by atoms with Crippen molar-refractivity contribution in [3.8, 4) is 0 Å². The summed E-state index contributed by atoms with van der Waals surface area (Å²) < 4.78 is 38.6. The Morgan fingerprint density at radius 2 is 2.28 bits per heavy atom. The zero-order valence-electron chi connectivity index (χ0n) is 10.2. The van der Waals surface area contributed by atoms with Gasteiger partial charge in [0.05, 0.1) is 5.56 Å². The minimum Gasteiger partial charge on any atom is -0.314 e. The van der Waals surface area contributed by atoms with Gasteiger partial charge in [0.25, 0.3) is 0 Å². The molecule has 1 heterocycles. The van der Waals surface area contributed by atoms with E-state index in [-0.39, 0.29) is 11.6 Å². The van der Waals surface area contributed by atoms with Gasteiger partial charge in [-0.3, -0.25) is 0 Å². The van der Waals surface area contributed by atoms with E-state index in [1.807, 2.05) is 7.05 Å². The Morgan fingerprint density at radius 1 is 1.50 bits per heavy atom. The van der Waals surface area contributed by atoms with E-state index in [9.17, 15) is 13.2 Å². The molecule has 1 aliphatic heterocycles. The van der Waals surface area contributed by atoms with Crippen LogP contribution in [0.5, 0.6) is 0 Å². The molecule has 0 bridgehead atoms. The van der Waals surface area contributed by atoms with Crippen LogP contribution in [0.1, 0.15) is 11.1 Å². The first kappa shape index (κ1) is 13.4. The van der Waals surface area contributed by atoms with Gasteiger partial charge in [0.15, 0.2) is 0 Å². The predicted octanol–water partition coefficient (Wildman–Crippen LogP) is 1.95. The maximum atomic E-state index is 12.9. The number of alkyl halides is 3. The Balaban J connectivity index is 2.18. The van der Waals surface area contributed by atoms with Gasteiger partial charge >= 0.3 is 6.18 Å². The number of hydrogen-bond acceptors (Lipinski definition) is 2. The molecule has 0 aliphatic carbocycles. The van der Waals surface area contributed by atoms with Crippen LogP contribution < -0.4 is 5.32 Å². The maximum absolute atomic E-state index is 12.9. The molecule has 1 radical (unpaired) electrons. The molecule has 0 amide bonds. The summed E-state index contributed by atoms with van der Waals surface area (Å²) in [6.45, 7) is 2.47. The fourth-order valence-electron chi connectivity index (χ4n) is 2.23. The molecule has 1 aliphatic rings. The monoisotopic (exact) mass is 257 g/mol. The van der Waals surface area contributed by atoms with E-state index in [0.717, 1.165) is 25.7 Å². The molecule has 1 aromatic carbocycles. The second-order valence-electron chi connectivity index (χ2n) is 4.60. The summed E-state index contributed by atoms with van der Waals surface area (Å²) in [5, 5.41) is 3.21. The van der Waals surface area contributed by atoms with Crippen molar-refractivity contribution in [2.45, 2.75) is 18.6 Å². The van der Waals surface area contributed by atoms with Crippen molar-refractivity contribution in [3.63, 3.8) is 0 Å². The van der Waals surface area contributed by atoms with Gasteiger partial charge in [-0.2, -0.15) is 13.2 Å². The quantitative estimate of drug-likeness (QED) is 0.871. The van der Waals surface area contributed by atoms with E-state index in [2.05, 4.69) is 16.3 Å². The normalized spacial score (nSPS) is 22.1. The highest BCUT2D eigenvalue weighted by Crippen LogP contribution is 2.32. The number of rotatable bonds is 2. The highest BCUT2D eigenvalue weighted by Gasteiger charge is 2.34. The number of nitrogens with one attached hydrogen (secondary N) is 1. The van der Waals surface area contributed by atoms with Crippen LogP contribution in [0.25, 0.3) is 0 Å². The highest BCUT2D eigenvalue weighted by molar-refractivity contribution is 5.29. The molecule has 2 nitrogen and oxygen atoms in total. The molecule has 0 saturated carbocycles. The van der Waals surface area contributed by atoms with Gasteiger partial charge in [-0.15, -0.1) is 0 Å². The molecule has 2 rings (SSSR count). The van der Waals surface area contributed by atoms with Crippen molar-refractivity contribution in [1.29, 1.82) is 0 Å². The van der Waals surface area contributed by atoms with Gasteiger partial charge < -0.3 is 10.2 Å². The highest BCUT2D eigenvalue weighted by atomic mass is 19.4. The van der Waals surface area contributed by atoms with Crippen LogP contribution >= 0.6 is 0 Å². The maximum Gasteiger partial charge on any atom is 0.416 e. The first-order chi connectivity index (χ1) is 8.48. The summed E-state index contributed by atoms with van der Waals surface area (Å²) in [7, 11) is 1.95. The molecular formula is C13H16F3N2.